The number of fused-ring (bicyclic) bond motifs is 1. The Morgan fingerprint density at radius 1 is 1.15 bits per heavy atom. The van der Waals surface area contributed by atoms with E-state index in [2.05, 4.69) is 15.3 Å². The van der Waals surface area contributed by atoms with E-state index in [1.165, 1.54) is 0 Å². The SMILES string of the molecule is NC(N)=NCCC[C@H](N)C(=O)N[C@@H](Cc1c[nH]c2ccccc12)C(=O)O.O=C(O)C(F)(F)F. The van der Waals surface area contributed by atoms with Gasteiger partial charge in [-0.15, -0.1) is 0 Å². The Labute approximate surface area is 185 Å². The predicted molar refractivity (Wildman–Crippen MR) is 113 cm³/mol. The molecule has 0 saturated heterocycles. The number of carboxylic acid groups (broad SMARTS) is 2. The van der Waals surface area contributed by atoms with E-state index < -0.39 is 36.1 Å². The molecule has 11 nitrogen and oxygen atoms in total. The molecule has 1 aromatic carbocycles. The van der Waals surface area contributed by atoms with Gasteiger partial charge in [-0.1, -0.05) is 18.2 Å². The quantitative estimate of drug-likeness (QED) is 0.152. The fourth-order valence-electron chi connectivity index (χ4n) is 2.65. The van der Waals surface area contributed by atoms with Crippen molar-refractivity contribution in [3.63, 3.8) is 0 Å². The number of carbonyl (C=O) groups excluding carboxylic acids is 1. The summed E-state index contributed by atoms with van der Waals surface area (Å²) < 4.78 is 31.7. The lowest BCUT2D eigenvalue weighted by Crippen LogP contribution is -2.49. The smallest absolute Gasteiger partial charge is 0.480 e. The number of carboxylic acids is 2. The van der Waals surface area contributed by atoms with Gasteiger partial charge in [0.2, 0.25) is 5.91 Å². The van der Waals surface area contributed by atoms with E-state index >= 15 is 0 Å². The maximum Gasteiger partial charge on any atom is 0.490 e. The third kappa shape index (κ3) is 9.47. The molecule has 2 rings (SSSR count). The van der Waals surface area contributed by atoms with Gasteiger partial charge in [0.25, 0.3) is 0 Å². The number of aliphatic imine (C=N–C) groups is 1. The standard InChI is InChI=1S/C17H24N6O3.C2HF3O2/c18-12(5-3-7-21-17(19)20)15(24)23-14(16(25)26)8-10-9-22-13-6-2-1-4-11(10)13;3-2(4,5)1(6)7/h1-2,4,6,9,12,14,22H,3,5,7-8,18H2,(H,23,24)(H,25,26)(H4,19,20,21);(H,6,7)/t12-,14-;/m0./s1. The average molecular weight is 474 g/mol. The Balaban J connectivity index is 0.000000675. The van der Waals surface area contributed by atoms with Gasteiger partial charge in [0.15, 0.2) is 5.96 Å². The summed E-state index contributed by atoms with van der Waals surface area (Å²) in [5, 5.41) is 20.0. The summed E-state index contributed by atoms with van der Waals surface area (Å²) in [7, 11) is 0. The van der Waals surface area contributed by atoms with Crippen LogP contribution in [0, 0.1) is 0 Å². The third-order valence-electron chi connectivity index (χ3n) is 4.26. The van der Waals surface area contributed by atoms with E-state index in [0.29, 0.717) is 19.4 Å². The van der Waals surface area contributed by atoms with Crippen molar-refractivity contribution < 1.29 is 37.8 Å². The fourth-order valence-corrected chi connectivity index (χ4v) is 2.65. The van der Waals surface area contributed by atoms with Crippen LogP contribution >= 0.6 is 0 Å². The van der Waals surface area contributed by atoms with Crippen molar-refractivity contribution in [1.29, 1.82) is 0 Å². The van der Waals surface area contributed by atoms with Gasteiger partial charge in [-0.3, -0.25) is 9.79 Å². The number of nitrogens with one attached hydrogen (secondary N) is 2. The predicted octanol–water partition coefficient (Wildman–Crippen LogP) is 0.294. The zero-order valence-corrected chi connectivity index (χ0v) is 17.3. The first-order valence-electron chi connectivity index (χ1n) is 9.52. The van der Waals surface area contributed by atoms with Crippen molar-refractivity contribution in [1.82, 2.24) is 10.3 Å². The summed E-state index contributed by atoms with van der Waals surface area (Å²) >= 11 is 0. The number of aliphatic carboxylic acids is 2. The monoisotopic (exact) mass is 474 g/mol. The molecule has 0 unspecified atom stereocenters. The van der Waals surface area contributed by atoms with Crippen molar-refractivity contribution >= 4 is 34.7 Å². The number of rotatable bonds is 9. The van der Waals surface area contributed by atoms with Crippen LogP contribution in [-0.2, 0) is 20.8 Å². The zero-order valence-electron chi connectivity index (χ0n) is 17.3. The Bertz CT molecular complexity index is 988. The number of hydrogen-bond acceptors (Lipinski definition) is 5. The highest BCUT2D eigenvalue weighted by atomic mass is 19.4. The number of amides is 1. The summed E-state index contributed by atoms with van der Waals surface area (Å²) in [4.78, 5) is 39.5. The van der Waals surface area contributed by atoms with Gasteiger partial charge >= 0.3 is 18.1 Å². The van der Waals surface area contributed by atoms with Gasteiger partial charge in [0, 0.05) is 30.1 Å². The molecule has 0 radical (unpaired) electrons. The first kappa shape index (κ1) is 27.2. The van der Waals surface area contributed by atoms with Crippen LogP contribution in [0.5, 0.6) is 0 Å². The Morgan fingerprint density at radius 3 is 2.30 bits per heavy atom. The minimum absolute atomic E-state index is 0.0207. The molecule has 2 aromatic rings. The second-order valence-corrected chi connectivity index (χ2v) is 6.82. The van der Waals surface area contributed by atoms with Gasteiger partial charge in [-0.2, -0.15) is 13.2 Å². The number of H-pyrrole nitrogens is 1. The van der Waals surface area contributed by atoms with Crippen LogP contribution in [0.4, 0.5) is 13.2 Å². The number of aromatic nitrogens is 1. The van der Waals surface area contributed by atoms with Crippen molar-refractivity contribution in [3.05, 3.63) is 36.0 Å². The molecule has 0 saturated carbocycles. The normalized spacial score (nSPS) is 12.7. The number of guanidine groups is 1. The zero-order chi connectivity index (χ0) is 25.2. The Kier molecular flexibility index (Phi) is 10.1. The summed E-state index contributed by atoms with van der Waals surface area (Å²) in [5.41, 5.74) is 18.0. The first-order chi connectivity index (χ1) is 15.3. The van der Waals surface area contributed by atoms with Crippen LogP contribution in [-0.4, -0.2) is 63.8 Å². The van der Waals surface area contributed by atoms with Crippen molar-refractivity contribution in [3.8, 4) is 0 Å². The molecular weight excluding hydrogens is 449 g/mol. The highest BCUT2D eigenvalue weighted by Gasteiger charge is 2.38. The molecular formula is C19H25F3N6O5. The fraction of sp³-hybridized carbons (Fsp3) is 0.368. The molecule has 1 aromatic heterocycles. The second kappa shape index (κ2) is 12.3. The number of halogens is 3. The van der Waals surface area contributed by atoms with Gasteiger partial charge < -0.3 is 37.7 Å². The van der Waals surface area contributed by atoms with Gasteiger partial charge in [-0.05, 0) is 24.5 Å². The van der Waals surface area contributed by atoms with Crippen LogP contribution in [0.25, 0.3) is 10.9 Å². The lowest BCUT2D eigenvalue weighted by Gasteiger charge is -2.17. The second-order valence-electron chi connectivity index (χ2n) is 6.82. The maximum absolute atomic E-state index is 12.2. The van der Waals surface area contributed by atoms with E-state index in [1.807, 2.05) is 24.3 Å². The molecule has 0 bridgehead atoms. The van der Waals surface area contributed by atoms with Crippen molar-refractivity contribution in [2.45, 2.75) is 37.5 Å². The molecule has 0 aliphatic heterocycles. The van der Waals surface area contributed by atoms with Crippen LogP contribution < -0.4 is 22.5 Å². The lowest BCUT2D eigenvalue weighted by molar-refractivity contribution is -0.192. The molecule has 182 valence electrons. The summed E-state index contributed by atoms with van der Waals surface area (Å²) in [5.74, 6) is -4.40. The number of nitrogens with two attached hydrogens (primary N) is 3. The van der Waals surface area contributed by atoms with E-state index in [9.17, 15) is 27.9 Å². The van der Waals surface area contributed by atoms with E-state index in [1.54, 1.807) is 6.20 Å². The molecule has 2 atom stereocenters. The number of nitrogens with zero attached hydrogens (tertiary/aromatic N) is 1. The van der Waals surface area contributed by atoms with E-state index in [-0.39, 0.29) is 12.4 Å². The molecule has 10 N–H and O–H groups in total. The van der Waals surface area contributed by atoms with Crippen molar-refractivity contribution in [2.24, 2.45) is 22.2 Å². The number of carbonyl (C=O) groups is 3. The first-order valence-corrected chi connectivity index (χ1v) is 9.52. The summed E-state index contributed by atoms with van der Waals surface area (Å²) in [6, 6.07) is 5.68. The molecule has 1 amide bonds. The van der Waals surface area contributed by atoms with Gasteiger partial charge in [0.1, 0.15) is 6.04 Å². The topological polar surface area (TPSA) is 210 Å². The van der Waals surface area contributed by atoms with E-state index in [0.717, 1.165) is 16.5 Å². The Hall–Kier alpha value is -3.81. The highest BCUT2D eigenvalue weighted by molar-refractivity contribution is 5.88. The lowest BCUT2D eigenvalue weighted by atomic mass is 10.0. The number of hydrogen-bond donors (Lipinski definition) is 7. The minimum Gasteiger partial charge on any atom is -0.480 e. The molecule has 14 heteroatoms. The van der Waals surface area contributed by atoms with Crippen molar-refractivity contribution in [2.75, 3.05) is 6.54 Å². The molecule has 0 aliphatic carbocycles. The molecule has 0 aliphatic rings. The van der Waals surface area contributed by atoms with Gasteiger partial charge in [-0.25, -0.2) is 9.59 Å². The average Bonchev–Trinajstić information content (AvgIpc) is 3.13. The maximum atomic E-state index is 12.2. The summed E-state index contributed by atoms with van der Waals surface area (Å²) in [6.07, 6.45) is -2.30. The number of alkyl halides is 3. The molecule has 1 heterocycles. The molecule has 0 fully saturated rings. The van der Waals surface area contributed by atoms with Crippen LogP contribution in [0.1, 0.15) is 18.4 Å². The highest BCUT2D eigenvalue weighted by Crippen LogP contribution is 2.19. The Morgan fingerprint density at radius 2 is 1.76 bits per heavy atom. The van der Waals surface area contributed by atoms with Gasteiger partial charge in [0.05, 0.1) is 6.04 Å². The summed E-state index contributed by atoms with van der Waals surface area (Å²) in [6.45, 7) is 0.362. The minimum atomic E-state index is -5.08. The number of para-hydroxylation sites is 1. The van der Waals surface area contributed by atoms with Crippen LogP contribution in [0.15, 0.2) is 35.5 Å². The largest absolute Gasteiger partial charge is 0.490 e. The molecule has 33 heavy (non-hydrogen) atoms. The van der Waals surface area contributed by atoms with Crippen LogP contribution in [0.2, 0.25) is 0 Å². The number of benzene rings is 1. The number of aromatic amines is 1. The molecule has 0 spiro atoms. The van der Waals surface area contributed by atoms with Crippen LogP contribution in [0.3, 0.4) is 0 Å². The van der Waals surface area contributed by atoms with E-state index in [4.69, 9.17) is 27.1 Å². The third-order valence-corrected chi connectivity index (χ3v) is 4.26.